The van der Waals surface area contributed by atoms with E-state index in [9.17, 15) is 0 Å². The fraction of sp³-hybridized carbons (Fsp3) is 0.400. The molecule has 7 aliphatic rings. The minimum Gasteiger partial charge on any atom is -0.497 e. The van der Waals surface area contributed by atoms with E-state index in [0.29, 0.717) is 29.6 Å². The van der Waals surface area contributed by atoms with Crippen molar-refractivity contribution >= 4 is 99.7 Å². The van der Waals surface area contributed by atoms with Crippen molar-refractivity contribution in [2.45, 2.75) is 155 Å². The molecule has 0 atom stereocenters. The minimum absolute atomic E-state index is 0.238. The molecule has 0 amide bonds. The third kappa shape index (κ3) is 15.6. The minimum atomic E-state index is 0.238. The summed E-state index contributed by atoms with van der Waals surface area (Å²) >= 11 is 0. The van der Waals surface area contributed by atoms with Gasteiger partial charge in [0.25, 0.3) is 0 Å². The Bertz CT molecular complexity index is 5780. The van der Waals surface area contributed by atoms with Crippen molar-refractivity contribution in [1.82, 2.24) is 29.9 Å². The Morgan fingerprint density at radius 3 is 0.814 bits per heavy atom. The van der Waals surface area contributed by atoms with Gasteiger partial charge >= 0.3 is 0 Å². The average Bonchev–Trinajstić information content (AvgIpc) is 1.61. The highest BCUT2D eigenvalue weighted by atomic mass is 16.5. The number of methoxy groups -OCH3 is 6. The Balaban J connectivity index is 0.000000122. The maximum Gasteiger partial charge on any atom is 0.120 e. The van der Waals surface area contributed by atoms with E-state index in [1.54, 1.807) is 42.7 Å². The molecule has 0 bridgehead atoms. The van der Waals surface area contributed by atoms with Crippen molar-refractivity contribution in [3.05, 3.63) is 212 Å². The molecule has 1 fully saturated rings. The first-order valence-electron chi connectivity index (χ1n) is 43.2. The molecule has 118 heavy (non-hydrogen) atoms. The van der Waals surface area contributed by atoms with Crippen LogP contribution in [0.15, 0.2) is 163 Å². The molecule has 0 radical (unpaired) electrons. The van der Waals surface area contributed by atoms with Gasteiger partial charge in [0.05, 0.1) is 111 Å². The first-order chi connectivity index (χ1) is 57.8. The van der Waals surface area contributed by atoms with E-state index >= 15 is 0 Å². The molecule has 6 aromatic heterocycles. The fourth-order valence-corrected chi connectivity index (χ4v) is 20.4. The van der Waals surface area contributed by atoms with Crippen molar-refractivity contribution in [3.63, 3.8) is 0 Å². The predicted molar refractivity (Wildman–Crippen MR) is 484 cm³/mol. The summed E-state index contributed by atoms with van der Waals surface area (Å²) in [7, 11) is 10.3. The maximum atomic E-state index is 5.50. The lowest BCUT2D eigenvalue weighted by atomic mass is 9.74. The van der Waals surface area contributed by atoms with Crippen LogP contribution in [0.1, 0.15) is 195 Å². The SMILES string of the molecule is COc1ccc2c3c([nH]c2c1)C(CC(CC1=NCCc2c1[nH]c1cc(OC)ccc21)C1CCCCC1)=NCC3.COc1ccc2c3c([nH]c2c1)C(CC(CC1=NCCc2c1[nH]c1cc(OC)ccc21)CC(C)C)=NCC3.COc1ccc2c3c([nH]c2c1)C(CC(CC1=NCCc2c1[nH]c1cc(OC)ccc21)c1ccc(C(C)C)cc1)=NCC3. The highest BCUT2D eigenvalue weighted by Gasteiger charge is 2.35. The van der Waals surface area contributed by atoms with Crippen molar-refractivity contribution in [2.24, 2.45) is 53.6 Å². The molecule has 13 aromatic rings. The zero-order valence-electron chi connectivity index (χ0n) is 70.3. The summed E-state index contributed by atoms with van der Waals surface area (Å²) in [5.41, 5.74) is 32.4. The van der Waals surface area contributed by atoms with Crippen LogP contribution in [-0.4, -0.2) is 146 Å². The van der Waals surface area contributed by atoms with Crippen LogP contribution in [0.4, 0.5) is 0 Å². The molecule has 12 heterocycles. The number of aliphatic imine (C=N–C) groups is 6. The average molecular weight is 1580 g/mol. The smallest absolute Gasteiger partial charge is 0.120 e. The summed E-state index contributed by atoms with van der Waals surface area (Å²) in [5.74, 6) is 8.33. The second-order valence-electron chi connectivity index (χ2n) is 34.2. The molecule has 20 rings (SSSR count). The highest BCUT2D eigenvalue weighted by molar-refractivity contribution is 6.12. The van der Waals surface area contributed by atoms with Crippen molar-refractivity contribution in [3.8, 4) is 34.5 Å². The number of fused-ring (bicyclic) bond motifs is 18. The van der Waals surface area contributed by atoms with Gasteiger partial charge in [0.2, 0.25) is 0 Å². The number of rotatable bonds is 23. The molecule has 1 saturated carbocycles. The molecular weight excluding hydrogens is 1470 g/mol. The van der Waals surface area contributed by atoms with Crippen LogP contribution in [0.2, 0.25) is 0 Å². The molecule has 7 aromatic carbocycles. The van der Waals surface area contributed by atoms with E-state index in [1.807, 2.05) is 0 Å². The Kier molecular flexibility index (Phi) is 22.4. The van der Waals surface area contributed by atoms with Gasteiger partial charge in [0.15, 0.2) is 0 Å². The van der Waals surface area contributed by atoms with Crippen LogP contribution in [0.5, 0.6) is 34.5 Å². The lowest BCUT2D eigenvalue weighted by Gasteiger charge is -2.32. The van der Waals surface area contributed by atoms with Crippen LogP contribution in [0.25, 0.3) is 65.4 Å². The van der Waals surface area contributed by atoms with Gasteiger partial charge in [-0.3, -0.25) is 30.0 Å². The summed E-state index contributed by atoms with van der Waals surface area (Å²) < 4.78 is 32.9. The van der Waals surface area contributed by atoms with Crippen LogP contribution >= 0.6 is 0 Å². The first-order valence-corrected chi connectivity index (χ1v) is 43.2. The van der Waals surface area contributed by atoms with Crippen molar-refractivity contribution in [1.29, 1.82) is 0 Å². The number of aromatic amines is 6. The second-order valence-corrected chi connectivity index (χ2v) is 34.2. The lowest BCUT2D eigenvalue weighted by Crippen LogP contribution is -2.27. The van der Waals surface area contributed by atoms with Gasteiger partial charge in [-0.05, 0) is 236 Å². The number of benzene rings is 7. The molecule has 6 aliphatic heterocycles. The Labute approximate surface area is 691 Å². The Morgan fingerprint density at radius 1 is 0.305 bits per heavy atom. The summed E-state index contributed by atoms with van der Waals surface area (Å²) in [5, 5.41) is 7.73. The third-order valence-corrected chi connectivity index (χ3v) is 26.3. The van der Waals surface area contributed by atoms with Gasteiger partial charge in [-0.15, -0.1) is 0 Å². The maximum absolute atomic E-state index is 5.50. The van der Waals surface area contributed by atoms with Crippen LogP contribution in [0.3, 0.4) is 0 Å². The van der Waals surface area contributed by atoms with Gasteiger partial charge in [0, 0.05) is 141 Å². The summed E-state index contributed by atoms with van der Waals surface area (Å²) in [6.45, 7) is 14.2. The van der Waals surface area contributed by atoms with Crippen LogP contribution in [0, 0.1) is 23.7 Å². The number of hydrogen-bond acceptors (Lipinski definition) is 12. The molecule has 18 nitrogen and oxygen atoms in total. The van der Waals surface area contributed by atoms with Gasteiger partial charge in [0.1, 0.15) is 34.5 Å². The number of aromatic nitrogens is 6. The Hall–Kier alpha value is -11.4. The van der Waals surface area contributed by atoms with E-state index < -0.39 is 0 Å². The van der Waals surface area contributed by atoms with Crippen molar-refractivity contribution in [2.75, 3.05) is 81.9 Å². The quantitative estimate of drug-likeness (QED) is 0.0365. The monoisotopic (exact) mass is 1580 g/mol. The molecule has 608 valence electrons. The highest BCUT2D eigenvalue weighted by Crippen LogP contribution is 2.43. The zero-order valence-corrected chi connectivity index (χ0v) is 70.3. The van der Waals surface area contributed by atoms with Gasteiger partial charge in [-0.1, -0.05) is 84.1 Å². The van der Waals surface area contributed by atoms with E-state index in [-0.39, 0.29) is 5.92 Å². The summed E-state index contributed by atoms with van der Waals surface area (Å²) in [4.78, 5) is 52.8. The molecule has 0 unspecified atom stereocenters. The number of hydrogen-bond donors (Lipinski definition) is 6. The molecular formula is C100H112N12O6. The summed E-state index contributed by atoms with van der Waals surface area (Å²) in [6.07, 6.45) is 19.3. The number of nitrogens with one attached hydrogen (secondary N) is 6. The Morgan fingerprint density at radius 2 is 0.559 bits per heavy atom. The molecule has 6 N–H and O–H groups in total. The first kappa shape index (κ1) is 77.8. The predicted octanol–water partition coefficient (Wildman–Crippen LogP) is 21.3. The largest absolute Gasteiger partial charge is 0.497 e. The molecule has 0 spiro atoms. The normalized spacial score (nSPS) is 15.9. The van der Waals surface area contributed by atoms with Gasteiger partial charge < -0.3 is 58.3 Å². The lowest BCUT2D eigenvalue weighted by molar-refractivity contribution is 0.258. The standard InChI is InChI=1S/C36H38N4O2.C33H38N4O2.C31H36N4O2/c1-21(2)22-5-7-23(8-6-22)24(17-33-35-29(13-15-37-33)27-11-9-25(41-3)19-31(27)39-35)18-34-36-30(14-16-38-34)28-12-10-26(42-4)20-32(28)40-36;1-38-22-8-10-24-26-12-14-34-30(32(26)36-28(24)18-22)16-21(20-6-4-3-5-7-20)17-31-33-27(13-15-35-31)25-11-9-23(39-2)19-29(25)37-33;1-18(2)13-19(14-28-30-24(9-11-32-28)22-7-5-20(36-3)16-26(22)34-30)15-29-31-25(10-12-33-29)23-8-6-21(37-4)17-27(23)35-31/h5-12,19-21,24,39-40H,13-18H2,1-4H3;8-11,18-21,36-37H,3-7,12-17H2,1-2H3;5-8,16-19,34-35H,9-15H2,1-4H3. The van der Waals surface area contributed by atoms with E-state index in [0.717, 1.165) is 202 Å². The molecule has 0 saturated heterocycles. The van der Waals surface area contributed by atoms with E-state index in [1.165, 1.54) is 166 Å². The number of ether oxygens (including phenoxy) is 6. The zero-order chi connectivity index (χ0) is 80.7. The molecule has 18 heteroatoms. The second kappa shape index (κ2) is 33.9. The van der Waals surface area contributed by atoms with Crippen molar-refractivity contribution < 1.29 is 28.4 Å². The molecule has 1 aliphatic carbocycles. The summed E-state index contributed by atoms with van der Waals surface area (Å²) in [6, 6.07) is 47.3. The van der Waals surface area contributed by atoms with Crippen LogP contribution < -0.4 is 28.4 Å². The topological polar surface area (TPSA) is 224 Å². The van der Waals surface area contributed by atoms with Gasteiger partial charge in [-0.2, -0.15) is 0 Å². The third-order valence-electron chi connectivity index (χ3n) is 26.3. The number of H-pyrrole nitrogens is 6. The fourth-order valence-electron chi connectivity index (χ4n) is 20.4. The van der Waals surface area contributed by atoms with E-state index in [2.05, 4.69) is 191 Å². The van der Waals surface area contributed by atoms with Gasteiger partial charge in [-0.25, -0.2) is 0 Å². The number of nitrogens with zero attached hydrogens (tertiary/aromatic N) is 6. The van der Waals surface area contributed by atoms with Crippen LogP contribution in [-0.2, 0) is 38.5 Å². The van der Waals surface area contributed by atoms with E-state index in [4.69, 9.17) is 58.4 Å².